The zero-order valence-electron chi connectivity index (χ0n) is 16.6. The number of benzene rings is 1. The van der Waals surface area contributed by atoms with Crippen LogP contribution in [-0.2, 0) is 21.2 Å². The molecule has 0 radical (unpaired) electrons. The lowest BCUT2D eigenvalue weighted by atomic mass is 10.2. The highest BCUT2D eigenvalue weighted by atomic mass is 35.5. The maximum Gasteiger partial charge on any atom is 0.262 e. The number of hydrogen-bond acceptors (Lipinski definition) is 7. The average Bonchev–Trinajstić information content (AvgIpc) is 3.33. The first-order valence-corrected chi connectivity index (χ1v) is 12.7. The van der Waals surface area contributed by atoms with Gasteiger partial charge in [0.2, 0.25) is 5.91 Å². The molecule has 1 amide bonds. The fourth-order valence-corrected chi connectivity index (χ4v) is 6.16. The van der Waals surface area contributed by atoms with Gasteiger partial charge in [-0.1, -0.05) is 23.4 Å². The van der Waals surface area contributed by atoms with Crippen LogP contribution in [0.15, 0.2) is 51.0 Å². The molecule has 0 spiro atoms. The molecule has 0 bridgehead atoms. The van der Waals surface area contributed by atoms with Gasteiger partial charge in [-0.15, -0.1) is 0 Å². The first-order valence-electron chi connectivity index (χ1n) is 9.62. The van der Waals surface area contributed by atoms with Crippen molar-refractivity contribution in [1.29, 1.82) is 0 Å². The minimum Gasteiger partial charge on any atom is -0.467 e. The fourth-order valence-electron chi connectivity index (χ4n) is 3.40. The Morgan fingerprint density at radius 2 is 2.23 bits per heavy atom. The number of rotatable bonds is 6. The number of carbonyl (C=O) groups is 1. The van der Waals surface area contributed by atoms with Crippen LogP contribution in [0.1, 0.15) is 19.1 Å². The molecular formula is C20H20ClN3O5S2. The van der Waals surface area contributed by atoms with E-state index in [4.69, 9.17) is 16.0 Å². The van der Waals surface area contributed by atoms with Crippen LogP contribution in [0.3, 0.4) is 0 Å². The minimum absolute atomic E-state index is 0.0496. The van der Waals surface area contributed by atoms with Gasteiger partial charge in [0.05, 0.1) is 40.5 Å². The molecule has 11 heteroatoms. The van der Waals surface area contributed by atoms with Crippen molar-refractivity contribution in [1.82, 2.24) is 14.9 Å². The maximum absolute atomic E-state index is 13.1. The molecule has 1 saturated heterocycles. The molecule has 1 aromatic carbocycles. The van der Waals surface area contributed by atoms with Crippen LogP contribution in [0.4, 0.5) is 0 Å². The summed E-state index contributed by atoms with van der Waals surface area (Å²) < 4.78 is 30.1. The second kappa shape index (κ2) is 8.68. The fraction of sp³-hybridized carbons (Fsp3) is 0.350. The van der Waals surface area contributed by atoms with Gasteiger partial charge in [-0.3, -0.25) is 14.2 Å². The number of thioether (sulfide) groups is 1. The van der Waals surface area contributed by atoms with E-state index in [0.29, 0.717) is 33.3 Å². The van der Waals surface area contributed by atoms with Crippen LogP contribution in [0.25, 0.3) is 10.9 Å². The van der Waals surface area contributed by atoms with Gasteiger partial charge < -0.3 is 9.73 Å². The number of nitrogens with one attached hydrogen (secondary N) is 1. The Bertz CT molecular complexity index is 1290. The average molecular weight is 482 g/mol. The van der Waals surface area contributed by atoms with Gasteiger partial charge in [0, 0.05) is 11.1 Å². The van der Waals surface area contributed by atoms with Crippen molar-refractivity contribution in [2.75, 3.05) is 11.5 Å². The van der Waals surface area contributed by atoms with Gasteiger partial charge >= 0.3 is 0 Å². The lowest BCUT2D eigenvalue weighted by Crippen LogP contribution is -2.40. The SMILES string of the molecule is CC(Sc1nc2cc(Cl)ccc2c(=O)n1Cc1ccco1)C(=O)NC1CCS(=O)(=O)C1. The molecule has 0 aliphatic carbocycles. The number of sulfone groups is 1. The summed E-state index contributed by atoms with van der Waals surface area (Å²) in [6.07, 6.45) is 1.93. The van der Waals surface area contributed by atoms with Gasteiger partial charge in [0.15, 0.2) is 15.0 Å². The molecule has 1 fully saturated rings. The van der Waals surface area contributed by atoms with E-state index >= 15 is 0 Å². The van der Waals surface area contributed by atoms with Crippen molar-refractivity contribution in [3.63, 3.8) is 0 Å². The van der Waals surface area contributed by atoms with Crippen LogP contribution in [0.5, 0.6) is 0 Å². The number of fused-ring (bicyclic) bond motifs is 1. The third-order valence-electron chi connectivity index (χ3n) is 5.01. The normalized spacial score (nSPS) is 18.8. The summed E-state index contributed by atoms with van der Waals surface area (Å²) in [4.78, 5) is 30.4. The van der Waals surface area contributed by atoms with E-state index < -0.39 is 21.1 Å². The summed E-state index contributed by atoms with van der Waals surface area (Å²) in [7, 11) is -3.10. The summed E-state index contributed by atoms with van der Waals surface area (Å²) in [6.45, 7) is 1.85. The molecule has 31 heavy (non-hydrogen) atoms. The Labute approximate surface area is 187 Å². The topological polar surface area (TPSA) is 111 Å². The second-order valence-corrected chi connectivity index (χ2v) is 11.4. The smallest absolute Gasteiger partial charge is 0.262 e. The van der Waals surface area contributed by atoms with Crippen molar-refractivity contribution in [2.24, 2.45) is 0 Å². The number of amides is 1. The minimum atomic E-state index is -3.10. The van der Waals surface area contributed by atoms with E-state index in [1.54, 1.807) is 37.3 Å². The Kier molecular flexibility index (Phi) is 6.14. The second-order valence-electron chi connectivity index (χ2n) is 7.40. The molecule has 4 rings (SSSR count). The maximum atomic E-state index is 13.1. The summed E-state index contributed by atoms with van der Waals surface area (Å²) >= 11 is 7.19. The highest BCUT2D eigenvalue weighted by Crippen LogP contribution is 2.25. The van der Waals surface area contributed by atoms with Crippen molar-refractivity contribution in [3.8, 4) is 0 Å². The standard InChI is InChI=1S/C20H20ClN3O5S2/c1-12(18(25)22-14-6-8-31(27,28)11-14)30-20-23-17-9-13(21)4-5-16(17)19(26)24(20)10-15-3-2-7-29-15/h2-5,7,9,12,14H,6,8,10-11H2,1H3,(H,22,25). The zero-order chi connectivity index (χ0) is 22.2. The van der Waals surface area contributed by atoms with Crippen molar-refractivity contribution in [2.45, 2.75) is 36.3 Å². The molecule has 8 nitrogen and oxygen atoms in total. The van der Waals surface area contributed by atoms with Crippen LogP contribution in [-0.4, -0.2) is 46.7 Å². The number of nitrogens with zero attached hydrogens (tertiary/aromatic N) is 2. The molecule has 3 aromatic rings. The van der Waals surface area contributed by atoms with Gasteiger partial charge in [-0.2, -0.15) is 0 Å². The monoisotopic (exact) mass is 481 g/mol. The van der Waals surface area contributed by atoms with Crippen molar-refractivity contribution >= 4 is 50.0 Å². The molecule has 1 aliphatic heterocycles. The molecule has 1 aliphatic rings. The molecule has 2 unspecified atom stereocenters. The number of halogens is 1. The zero-order valence-corrected chi connectivity index (χ0v) is 19.0. The Balaban J connectivity index is 1.63. The lowest BCUT2D eigenvalue weighted by Gasteiger charge is -2.17. The number of aromatic nitrogens is 2. The van der Waals surface area contributed by atoms with Crippen LogP contribution in [0.2, 0.25) is 5.02 Å². The van der Waals surface area contributed by atoms with E-state index in [9.17, 15) is 18.0 Å². The summed E-state index contributed by atoms with van der Waals surface area (Å²) in [5, 5.41) is 3.39. The number of furan rings is 1. The highest BCUT2D eigenvalue weighted by Gasteiger charge is 2.30. The third kappa shape index (κ3) is 4.97. The van der Waals surface area contributed by atoms with Gasteiger partial charge in [0.1, 0.15) is 5.76 Å². The number of hydrogen-bond donors (Lipinski definition) is 1. The largest absolute Gasteiger partial charge is 0.467 e. The predicted molar refractivity (Wildman–Crippen MR) is 119 cm³/mol. The summed E-state index contributed by atoms with van der Waals surface area (Å²) in [5.74, 6) is 0.297. The van der Waals surface area contributed by atoms with Gasteiger partial charge in [-0.25, -0.2) is 13.4 Å². The van der Waals surface area contributed by atoms with Crippen molar-refractivity contribution < 1.29 is 17.6 Å². The summed E-state index contributed by atoms with van der Waals surface area (Å²) in [5.41, 5.74) is 0.167. The molecule has 2 atom stereocenters. The number of carbonyl (C=O) groups excluding carboxylic acids is 1. The van der Waals surface area contributed by atoms with E-state index in [-0.39, 0.29) is 29.5 Å². The quantitative estimate of drug-likeness (QED) is 0.425. The molecule has 0 saturated carbocycles. The Morgan fingerprint density at radius 1 is 1.42 bits per heavy atom. The van der Waals surface area contributed by atoms with Crippen molar-refractivity contribution in [3.05, 3.63) is 57.7 Å². The predicted octanol–water partition coefficient (Wildman–Crippen LogP) is 2.48. The lowest BCUT2D eigenvalue weighted by molar-refractivity contribution is -0.120. The van der Waals surface area contributed by atoms with E-state index in [2.05, 4.69) is 10.3 Å². The Morgan fingerprint density at radius 3 is 2.90 bits per heavy atom. The molecule has 3 heterocycles. The van der Waals surface area contributed by atoms with Crippen LogP contribution < -0.4 is 10.9 Å². The van der Waals surface area contributed by atoms with E-state index in [1.807, 2.05) is 0 Å². The summed E-state index contributed by atoms with van der Waals surface area (Å²) in [6, 6.07) is 7.94. The van der Waals surface area contributed by atoms with Crippen LogP contribution >= 0.6 is 23.4 Å². The third-order valence-corrected chi connectivity index (χ3v) is 8.10. The molecule has 2 aromatic heterocycles. The first kappa shape index (κ1) is 21.9. The first-order chi connectivity index (χ1) is 14.7. The van der Waals surface area contributed by atoms with Gasteiger partial charge in [0.25, 0.3) is 5.56 Å². The van der Waals surface area contributed by atoms with Gasteiger partial charge in [-0.05, 0) is 43.7 Å². The molecule has 1 N–H and O–H groups in total. The molecular weight excluding hydrogens is 462 g/mol. The van der Waals surface area contributed by atoms with E-state index in [1.165, 1.54) is 10.8 Å². The van der Waals surface area contributed by atoms with Crippen LogP contribution in [0, 0.1) is 0 Å². The Hall–Kier alpha value is -2.30. The molecule has 164 valence electrons. The van der Waals surface area contributed by atoms with E-state index in [0.717, 1.165) is 11.8 Å². The highest BCUT2D eigenvalue weighted by molar-refractivity contribution is 8.00.